The number of aromatic nitrogens is 1. The molecule has 142 valence electrons. The van der Waals surface area contributed by atoms with Crippen LogP contribution in [-0.2, 0) is 11.2 Å². The number of nitrogens with zero attached hydrogens (tertiary/aromatic N) is 1. The van der Waals surface area contributed by atoms with Crippen LogP contribution in [0.15, 0.2) is 54.6 Å². The third kappa shape index (κ3) is 3.07. The van der Waals surface area contributed by atoms with Gasteiger partial charge in [0, 0.05) is 5.69 Å². The van der Waals surface area contributed by atoms with Gasteiger partial charge in [-0.2, -0.15) is 0 Å². The molecule has 0 fully saturated rings. The lowest BCUT2D eigenvalue weighted by atomic mass is 9.97. The minimum absolute atomic E-state index is 0.240. The third-order valence-corrected chi connectivity index (χ3v) is 5.42. The van der Waals surface area contributed by atoms with Crippen LogP contribution in [-0.4, -0.2) is 17.1 Å². The van der Waals surface area contributed by atoms with E-state index in [-0.39, 0.29) is 5.97 Å². The van der Waals surface area contributed by atoms with E-state index in [0.717, 1.165) is 41.0 Å². The molecular weight excluding hydrogens is 346 g/mol. The summed E-state index contributed by atoms with van der Waals surface area (Å²) in [7, 11) is 0. The molecule has 0 bridgehead atoms. The molecule has 0 saturated heterocycles. The number of benzene rings is 2. The van der Waals surface area contributed by atoms with Crippen molar-refractivity contribution in [2.24, 2.45) is 0 Å². The van der Waals surface area contributed by atoms with Crippen molar-refractivity contribution < 1.29 is 9.53 Å². The summed E-state index contributed by atoms with van der Waals surface area (Å²) in [6.45, 7) is 6.46. The summed E-state index contributed by atoms with van der Waals surface area (Å²) in [5, 5.41) is 0. The van der Waals surface area contributed by atoms with Crippen LogP contribution in [0.5, 0.6) is 0 Å². The highest BCUT2D eigenvalue weighted by atomic mass is 16.5. The summed E-state index contributed by atoms with van der Waals surface area (Å²) in [5.41, 5.74) is 8.36. The molecule has 0 amide bonds. The van der Waals surface area contributed by atoms with Gasteiger partial charge in [0.2, 0.25) is 0 Å². The van der Waals surface area contributed by atoms with Crippen LogP contribution in [0, 0.1) is 13.8 Å². The Bertz CT molecular complexity index is 1060. The molecule has 0 N–H and O–H groups in total. The lowest BCUT2D eigenvalue weighted by molar-refractivity contribution is 0.0526. The van der Waals surface area contributed by atoms with Crippen molar-refractivity contribution in [3.8, 4) is 16.9 Å². The van der Waals surface area contributed by atoms with Gasteiger partial charge in [-0.3, -0.25) is 0 Å². The first-order valence-corrected chi connectivity index (χ1v) is 9.86. The SMILES string of the molecule is CCOC(=O)c1c2c(n(-c3ccc(C)c(C)c3)c1-c1ccccc1)C=CCC2. The molecule has 2 aromatic carbocycles. The standard InChI is InChI=1S/C25H25NO2/c1-4-28-25(27)23-21-12-8-9-13-22(21)26(20-15-14-17(2)18(3)16-20)24(23)19-10-6-5-7-11-19/h5-7,9-11,13-16H,4,8,12H2,1-3H3. The average molecular weight is 371 g/mol. The zero-order valence-electron chi connectivity index (χ0n) is 16.7. The lowest BCUT2D eigenvalue weighted by Crippen LogP contribution is -2.09. The first-order chi connectivity index (χ1) is 13.6. The van der Waals surface area contributed by atoms with Gasteiger partial charge in [-0.15, -0.1) is 0 Å². The molecule has 28 heavy (non-hydrogen) atoms. The van der Waals surface area contributed by atoms with Crippen LogP contribution >= 0.6 is 0 Å². The Kier molecular flexibility index (Phi) is 4.91. The van der Waals surface area contributed by atoms with Crippen LogP contribution in [0.1, 0.15) is 46.1 Å². The average Bonchev–Trinajstić information content (AvgIpc) is 3.06. The number of aryl methyl sites for hydroxylation is 2. The van der Waals surface area contributed by atoms with E-state index >= 15 is 0 Å². The number of hydrogen-bond donors (Lipinski definition) is 0. The van der Waals surface area contributed by atoms with E-state index in [1.54, 1.807) is 0 Å². The second kappa shape index (κ2) is 7.51. The van der Waals surface area contributed by atoms with Crippen molar-refractivity contribution in [3.05, 3.63) is 82.6 Å². The summed E-state index contributed by atoms with van der Waals surface area (Å²) in [5.74, 6) is -0.240. The molecule has 0 spiro atoms. The fourth-order valence-corrected chi connectivity index (χ4v) is 3.91. The minimum atomic E-state index is -0.240. The Hall–Kier alpha value is -3.07. The molecule has 0 saturated carbocycles. The number of ether oxygens (including phenoxy) is 1. The van der Waals surface area contributed by atoms with Gasteiger partial charge in [-0.25, -0.2) is 4.79 Å². The van der Waals surface area contributed by atoms with Crippen LogP contribution < -0.4 is 0 Å². The van der Waals surface area contributed by atoms with Crippen LogP contribution in [0.3, 0.4) is 0 Å². The van der Waals surface area contributed by atoms with E-state index in [1.807, 2.05) is 25.1 Å². The Morgan fingerprint density at radius 1 is 1.07 bits per heavy atom. The minimum Gasteiger partial charge on any atom is -0.462 e. The molecule has 3 heteroatoms. The first-order valence-electron chi connectivity index (χ1n) is 9.86. The fraction of sp³-hybridized carbons (Fsp3) is 0.240. The summed E-state index contributed by atoms with van der Waals surface area (Å²) in [6, 6.07) is 16.6. The Morgan fingerprint density at radius 2 is 1.86 bits per heavy atom. The first kappa shape index (κ1) is 18.3. The second-order valence-corrected chi connectivity index (χ2v) is 7.22. The van der Waals surface area contributed by atoms with Gasteiger partial charge in [-0.1, -0.05) is 42.5 Å². The van der Waals surface area contributed by atoms with Gasteiger partial charge in [0.15, 0.2) is 0 Å². The molecule has 0 aliphatic heterocycles. The molecule has 4 rings (SSSR count). The van der Waals surface area contributed by atoms with Gasteiger partial charge >= 0.3 is 5.97 Å². The molecular formula is C25H25NO2. The molecule has 0 radical (unpaired) electrons. The van der Waals surface area contributed by atoms with Crippen molar-refractivity contribution in [2.45, 2.75) is 33.6 Å². The van der Waals surface area contributed by atoms with Gasteiger partial charge < -0.3 is 9.30 Å². The summed E-state index contributed by atoms with van der Waals surface area (Å²) < 4.78 is 7.69. The van der Waals surface area contributed by atoms with Gasteiger partial charge in [0.05, 0.1) is 23.6 Å². The Labute approximate surface area is 166 Å². The number of carbonyl (C=O) groups is 1. The zero-order valence-corrected chi connectivity index (χ0v) is 16.7. The largest absolute Gasteiger partial charge is 0.462 e. The quantitative estimate of drug-likeness (QED) is 0.535. The highest BCUT2D eigenvalue weighted by Crippen LogP contribution is 2.38. The fourth-order valence-electron chi connectivity index (χ4n) is 3.91. The molecule has 0 unspecified atom stereocenters. The molecule has 1 heterocycles. The molecule has 0 atom stereocenters. The normalized spacial score (nSPS) is 12.7. The molecule has 3 aromatic rings. The number of rotatable bonds is 4. The monoisotopic (exact) mass is 371 g/mol. The predicted molar refractivity (Wildman–Crippen MR) is 114 cm³/mol. The maximum absolute atomic E-state index is 13.0. The topological polar surface area (TPSA) is 31.2 Å². The Morgan fingerprint density at radius 3 is 2.57 bits per heavy atom. The summed E-state index contributed by atoms with van der Waals surface area (Å²) in [4.78, 5) is 13.0. The van der Waals surface area contributed by atoms with E-state index in [1.165, 1.54) is 11.1 Å². The van der Waals surface area contributed by atoms with Crippen LogP contribution in [0.4, 0.5) is 0 Å². The van der Waals surface area contributed by atoms with E-state index in [9.17, 15) is 4.79 Å². The summed E-state index contributed by atoms with van der Waals surface area (Å²) in [6.07, 6.45) is 6.11. The zero-order chi connectivity index (χ0) is 19.7. The summed E-state index contributed by atoms with van der Waals surface area (Å²) >= 11 is 0. The van der Waals surface area contributed by atoms with Crippen molar-refractivity contribution in [3.63, 3.8) is 0 Å². The van der Waals surface area contributed by atoms with Crippen molar-refractivity contribution in [2.75, 3.05) is 6.61 Å². The number of hydrogen-bond acceptors (Lipinski definition) is 2. The molecule has 1 aromatic heterocycles. The third-order valence-electron chi connectivity index (χ3n) is 5.42. The highest BCUT2D eigenvalue weighted by Gasteiger charge is 2.29. The van der Waals surface area contributed by atoms with Gasteiger partial charge in [0.25, 0.3) is 0 Å². The van der Waals surface area contributed by atoms with E-state index in [2.05, 4.69) is 60.9 Å². The number of esters is 1. The van der Waals surface area contributed by atoms with E-state index in [4.69, 9.17) is 4.74 Å². The van der Waals surface area contributed by atoms with Crippen molar-refractivity contribution >= 4 is 12.0 Å². The number of fused-ring (bicyclic) bond motifs is 1. The van der Waals surface area contributed by atoms with Crippen LogP contribution in [0.2, 0.25) is 0 Å². The molecule has 1 aliphatic rings. The van der Waals surface area contributed by atoms with Crippen LogP contribution in [0.25, 0.3) is 23.0 Å². The highest BCUT2D eigenvalue weighted by molar-refractivity contribution is 6.00. The predicted octanol–water partition coefficient (Wildman–Crippen LogP) is 5.90. The Balaban J connectivity index is 2.08. The van der Waals surface area contributed by atoms with Crippen molar-refractivity contribution in [1.29, 1.82) is 0 Å². The molecule has 1 aliphatic carbocycles. The second-order valence-electron chi connectivity index (χ2n) is 7.22. The smallest absolute Gasteiger partial charge is 0.340 e. The molecule has 3 nitrogen and oxygen atoms in total. The lowest BCUT2D eigenvalue weighted by Gasteiger charge is -2.15. The van der Waals surface area contributed by atoms with E-state index < -0.39 is 0 Å². The maximum atomic E-state index is 13.0. The van der Waals surface area contributed by atoms with E-state index in [0.29, 0.717) is 12.2 Å². The van der Waals surface area contributed by atoms with Gasteiger partial charge in [-0.05, 0) is 74.1 Å². The number of carbonyl (C=O) groups excluding carboxylic acids is 1. The van der Waals surface area contributed by atoms with Gasteiger partial charge in [0.1, 0.15) is 0 Å². The van der Waals surface area contributed by atoms with Crippen molar-refractivity contribution in [1.82, 2.24) is 4.57 Å². The maximum Gasteiger partial charge on any atom is 0.340 e. The number of allylic oxidation sites excluding steroid dienone is 1.